The van der Waals surface area contributed by atoms with E-state index in [0.29, 0.717) is 6.32 Å². The fourth-order valence-electron chi connectivity index (χ4n) is 0.241. The summed E-state index contributed by atoms with van der Waals surface area (Å²) in [5, 5.41) is 8.48. The summed E-state index contributed by atoms with van der Waals surface area (Å²) in [6.45, 7) is 4.96. The van der Waals surface area contributed by atoms with Gasteiger partial charge in [-0.05, 0) is 6.32 Å². The van der Waals surface area contributed by atoms with Gasteiger partial charge in [-0.1, -0.05) is 12.9 Å². The molecule has 1 N–H and O–H groups in total. The molecule has 0 amide bonds. The Labute approximate surface area is 38.8 Å². The van der Waals surface area contributed by atoms with Crippen LogP contribution in [0.2, 0.25) is 13.1 Å². The molecule has 0 heterocycles. The molecule has 0 aliphatic carbocycles. The highest BCUT2D eigenvalue weighted by Crippen LogP contribution is 1.83. The van der Waals surface area contributed by atoms with Crippen molar-refractivity contribution in [1.29, 1.82) is 0 Å². The summed E-state index contributed by atoms with van der Waals surface area (Å²) in [6.07, 6.45) is 2.39. The van der Waals surface area contributed by atoms with Crippen LogP contribution in [0, 0.1) is 0 Å². The maximum atomic E-state index is 8.48. The molecule has 6 heavy (non-hydrogen) atoms. The van der Waals surface area contributed by atoms with Crippen molar-refractivity contribution in [2.24, 2.45) is 0 Å². The summed E-state index contributed by atoms with van der Waals surface area (Å²) in [4.78, 5) is 0. The zero-order valence-electron chi connectivity index (χ0n) is 4.02. The Kier molecular flexibility index (Phi) is 2.86. The number of allylic oxidation sites excluding steroid dienone is 1. The van der Waals surface area contributed by atoms with Crippen LogP contribution in [-0.2, 0) is 0 Å². The predicted molar refractivity (Wildman–Crippen MR) is 28.8 cm³/mol. The molecule has 0 saturated carbocycles. The molecular formula is C4H9BO. The lowest BCUT2D eigenvalue weighted by molar-refractivity contribution is 0.582. The highest BCUT2D eigenvalue weighted by atomic mass is 16.2. The molecule has 0 radical (unpaired) electrons. The molecule has 0 aromatic rings. The van der Waals surface area contributed by atoms with Gasteiger partial charge in [0.05, 0.1) is 0 Å². The highest BCUT2D eigenvalue weighted by Gasteiger charge is 1.93. The van der Waals surface area contributed by atoms with Gasteiger partial charge in [0.15, 0.2) is 0 Å². The topological polar surface area (TPSA) is 20.2 Å². The monoisotopic (exact) mass is 84.1 g/mol. The molecule has 0 atom stereocenters. The second-order valence-electron chi connectivity index (χ2n) is 1.37. The van der Waals surface area contributed by atoms with E-state index in [2.05, 4.69) is 6.58 Å². The maximum Gasteiger partial charge on any atom is 0.289 e. The second-order valence-corrected chi connectivity index (χ2v) is 1.37. The van der Waals surface area contributed by atoms with Crippen LogP contribution >= 0.6 is 0 Å². The first-order valence-corrected chi connectivity index (χ1v) is 2.06. The average molecular weight is 83.9 g/mol. The largest absolute Gasteiger partial charge is 0.450 e. The third-order valence-corrected chi connectivity index (χ3v) is 0.508. The first-order chi connectivity index (χ1) is 2.77. The molecule has 0 aromatic carbocycles. The Balaban J connectivity index is 2.81. The summed E-state index contributed by atoms with van der Waals surface area (Å²) >= 11 is 0. The van der Waals surface area contributed by atoms with Crippen LogP contribution in [-0.4, -0.2) is 11.9 Å². The zero-order chi connectivity index (χ0) is 4.99. The van der Waals surface area contributed by atoms with Crippen LogP contribution in [0.1, 0.15) is 0 Å². The van der Waals surface area contributed by atoms with Gasteiger partial charge in [0.2, 0.25) is 0 Å². The van der Waals surface area contributed by atoms with Crippen LogP contribution in [0.25, 0.3) is 0 Å². The molecular weight excluding hydrogens is 74.9 g/mol. The van der Waals surface area contributed by atoms with Gasteiger partial charge in [-0.25, -0.2) is 0 Å². The molecule has 1 nitrogen and oxygen atoms in total. The highest BCUT2D eigenvalue weighted by molar-refractivity contribution is 6.49. The lowest BCUT2D eigenvalue weighted by atomic mass is 9.68. The maximum absolute atomic E-state index is 8.48. The Hall–Kier alpha value is -0.235. The summed E-state index contributed by atoms with van der Waals surface area (Å²) in [7, 11) is 0. The molecule has 0 aliphatic rings. The number of hydrogen-bond acceptors (Lipinski definition) is 1. The smallest absolute Gasteiger partial charge is 0.289 e. The average Bonchev–Trinajstić information content (AvgIpc) is 1.35. The van der Waals surface area contributed by atoms with Gasteiger partial charge >= 0.3 is 0 Å². The van der Waals surface area contributed by atoms with E-state index in [9.17, 15) is 0 Å². The van der Waals surface area contributed by atoms with Gasteiger partial charge in [-0.15, -0.1) is 6.58 Å². The Morgan fingerprint density at radius 3 is 2.50 bits per heavy atom. The van der Waals surface area contributed by atoms with E-state index in [0.717, 1.165) is 0 Å². The van der Waals surface area contributed by atoms with Crippen LogP contribution in [0.3, 0.4) is 0 Å². The Morgan fingerprint density at radius 1 is 2.00 bits per heavy atom. The Bertz CT molecular complexity index is 42.8. The molecule has 0 aliphatic heterocycles. The number of hydrogen-bond donors (Lipinski definition) is 1. The van der Waals surface area contributed by atoms with Crippen LogP contribution in [0.4, 0.5) is 0 Å². The fourth-order valence-corrected chi connectivity index (χ4v) is 0.241. The zero-order valence-corrected chi connectivity index (χ0v) is 4.02. The molecule has 0 unspecified atom stereocenters. The lowest BCUT2D eigenvalue weighted by Gasteiger charge is -1.85. The standard InChI is InChI=1S/C4H9BO/c1-3-4-5(2)6/h3,6H,1,4H2,2H3. The van der Waals surface area contributed by atoms with Gasteiger partial charge in [-0.2, -0.15) is 0 Å². The van der Waals surface area contributed by atoms with Crippen molar-refractivity contribution in [3.05, 3.63) is 12.7 Å². The summed E-state index contributed by atoms with van der Waals surface area (Å²) < 4.78 is 0. The van der Waals surface area contributed by atoms with E-state index in [1.807, 2.05) is 0 Å². The SMILES string of the molecule is C=CCB(C)O. The van der Waals surface area contributed by atoms with E-state index in [4.69, 9.17) is 5.02 Å². The van der Waals surface area contributed by atoms with Gasteiger partial charge < -0.3 is 5.02 Å². The Morgan fingerprint density at radius 2 is 2.50 bits per heavy atom. The van der Waals surface area contributed by atoms with Crippen molar-refractivity contribution in [1.82, 2.24) is 0 Å². The van der Waals surface area contributed by atoms with Crippen molar-refractivity contribution in [3.63, 3.8) is 0 Å². The molecule has 0 aromatic heterocycles. The second kappa shape index (κ2) is 2.97. The summed E-state index contributed by atoms with van der Waals surface area (Å²) in [5.74, 6) is 0. The minimum absolute atomic E-state index is 0.220. The fraction of sp³-hybridized carbons (Fsp3) is 0.500. The van der Waals surface area contributed by atoms with E-state index >= 15 is 0 Å². The lowest BCUT2D eigenvalue weighted by Crippen LogP contribution is -2.00. The molecule has 0 saturated heterocycles. The minimum atomic E-state index is -0.220. The molecule has 0 fully saturated rings. The van der Waals surface area contributed by atoms with Crippen LogP contribution < -0.4 is 0 Å². The predicted octanol–water partition coefficient (Wildman–Crippen LogP) is 0.786. The summed E-state index contributed by atoms with van der Waals surface area (Å²) in [5.41, 5.74) is 0. The minimum Gasteiger partial charge on any atom is -0.450 e. The van der Waals surface area contributed by atoms with Crippen molar-refractivity contribution in [2.75, 3.05) is 0 Å². The molecule has 0 spiro atoms. The van der Waals surface area contributed by atoms with E-state index in [-0.39, 0.29) is 6.92 Å². The van der Waals surface area contributed by atoms with Crippen LogP contribution in [0.5, 0.6) is 0 Å². The van der Waals surface area contributed by atoms with Gasteiger partial charge in [0.25, 0.3) is 6.92 Å². The van der Waals surface area contributed by atoms with Gasteiger partial charge in [0, 0.05) is 0 Å². The van der Waals surface area contributed by atoms with Crippen molar-refractivity contribution in [2.45, 2.75) is 13.1 Å². The van der Waals surface area contributed by atoms with E-state index in [1.54, 1.807) is 12.9 Å². The van der Waals surface area contributed by atoms with Crippen LogP contribution in [0.15, 0.2) is 12.7 Å². The van der Waals surface area contributed by atoms with Gasteiger partial charge in [-0.3, -0.25) is 0 Å². The van der Waals surface area contributed by atoms with E-state index < -0.39 is 0 Å². The van der Waals surface area contributed by atoms with Crippen molar-refractivity contribution < 1.29 is 5.02 Å². The third kappa shape index (κ3) is 3.76. The first-order valence-electron chi connectivity index (χ1n) is 2.06. The summed E-state index contributed by atoms with van der Waals surface area (Å²) in [6, 6.07) is 0. The molecule has 0 bridgehead atoms. The number of rotatable bonds is 2. The van der Waals surface area contributed by atoms with Gasteiger partial charge in [0.1, 0.15) is 0 Å². The van der Waals surface area contributed by atoms with E-state index in [1.165, 1.54) is 0 Å². The first kappa shape index (κ1) is 5.76. The van der Waals surface area contributed by atoms with Crippen molar-refractivity contribution >= 4 is 6.92 Å². The quantitative estimate of drug-likeness (QED) is 0.387. The molecule has 2 heteroatoms. The molecule has 34 valence electrons. The molecule has 0 rings (SSSR count). The normalized spacial score (nSPS) is 7.67. The third-order valence-electron chi connectivity index (χ3n) is 0.508. The van der Waals surface area contributed by atoms with Crippen molar-refractivity contribution in [3.8, 4) is 0 Å².